The molecule has 3 atom stereocenters. The molecule has 4 rings (SSSR count). The standard InChI is InChI=1S/C18H13Cl4N/c19-10-4-1-3-9(7-10)17-12-6-2-5-11(12)15-16(22)13(20)8-14(21)18(15)23-17/h1-5,7-8,11-12,17,23H,6H2/t11-,12+,17+/m1/s1. The molecule has 1 nitrogen and oxygen atoms in total. The fourth-order valence-corrected chi connectivity index (χ4v) is 4.70. The topological polar surface area (TPSA) is 12.0 Å². The number of hydrogen-bond acceptors (Lipinski definition) is 1. The molecule has 2 aromatic carbocycles. The molecular formula is C18H13Cl4N. The highest BCUT2D eigenvalue weighted by atomic mass is 35.5. The summed E-state index contributed by atoms with van der Waals surface area (Å²) in [4.78, 5) is 0. The van der Waals surface area contributed by atoms with Crippen LogP contribution in [0, 0.1) is 5.92 Å². The third kappa shape index (κ3) is 2.55. The van der Waals surface area contributed by atoms with Gasteiger partial charge in [0.25, 0.3) is 0 Å². The van der Waals surface area contributed by atoms with Crippen LogP contribution in [-0.4, -0.2) is 0 Å². The van der Waals surface area contributed by atoms with E-state index < -0.39 is 0 Å². The second kappa shape index (κ2) is 5.89. The van der Waals surface area contributed by atoms with E-state index >= 15 is 0 Å². The molecule has 1 heterocycles. The average molecular weight is 385 g/mol. The molecule has 2 aliphatic rings. The summed E-state index contributed by atoms with van der Waals surface area (Å²) >= 11 is 25.3. The van der Waals surface area contributed by atoms with Gasteiger partial charge in [0.15, 0.2) is 0 Å². The first kappa shape index (κ1) is 15.7. The zero-order chi connectivity index (χ0) is 16.1. The molecule has 0 fully saturated rings. The van der Waals surface area contributed by atoms with Crippen molar-refractivity contribution >= 4 is 52.1 Å². The summed E-state index contributed by atoms with van der Waals surface area (Å²) in [6, 6.07) is 9.79. The fourth-order valence-electron chi connectivity index (χ4n) is 3.69. The number of fused-ring (bicyclic) bond motifs is 3. The number of hydrogen-bond donors (Lipinski definition) is 1. The van der Waals surface area contributed by atoms with E-state index in [2.05, 4.69) is 23.5 Å². The Hall–Kier alpha value is -0.860. The lowest BCUT2D eigenvalue weighted by Crippen LogP contribution is -2.29. The Bertz CT molecular complexity index is 815. The number of rotatable bonds is 1. The molecule has 5 heteroatoms. The summed E-state index contributed by atoms with van der Waals surface area (Å²) in [5, 5.41) is 5.99. The van der Waals surface area contributed by atoms with Crippen LogP contribution in [0.5, 0.6) is 0 Å². The lowest BCUT2D eigenvalue weighted by molar-refractivity contribution is 0.426. The second-order valence-corrected chi connectivity index (χ2v) is 7.60. The van der Waals surface area contributed by atoms with E-state index in [1.54, 1.807) is 6.07 Å². The van der Waals surface area contributed by atoms with Gasteiger partial charge in [0.05, 0.1) is 26.8 Å². The zero-order valence-electron chi connectivity index (χ0n) is 12.0. The predicted octanol–water partition coefficient (Wildman–Crippen LogP) is 7.13. The van der Waals surface area contributed by atoms with E-state index in [9.17, 15) is 0 Å². The van der Waals surface area contributed by atoms with Gasteiger partial charge in [-0.1, -0.05) is 70.7 Å². The molecule has 23 heavy (non-hydrogen) atoms. The van der Waals surface area contributed by atoms with Crippen LogP contribution < -0.4 is 5.32 Å². The van der Waals surface area contributed by atoms with Crippen molar-refractivity contribution in [2.45, 2.75) is 18.4 Å². The minimum Gasteiger partial charge on any atom is -0.376 e. The normalized spacial score (nSPS) is 25.0. The molecule has 0 spiro atoms. The zero-order valence-corrected chi connectivity index (χ0v) is 15.0. The van der Waals surface area contributed by atoms with Crippen molar-refractivity contribution in [2.75, 3.05) is 5.32 Å². The summed E-state index contributed by atoms with van der Waals surface area (Å²) in [7, 11) is 0. The Morgan fingerprint density at radius 1 is 1.00 bits per heavy atom. The molecule has 1 N–H and O–H groups in total. The van der Waals surface area contributed by atoms with E-state index in [1.165, 1.54) is 0 Å². The van der Waals surface area contributed by atoms with E-state index in [4.69, 9.17) is 46.4 Å². The van der Waals surface area contributed by atoms with Gasteiger partial charge in [-0.25, -0.2) is 0 Å². The molecule has 1 aliphatic carbocycles. The van der Waals surface area contributed by atoms with Crippen LogP contribution in [-0.2, 0) is 0 Å². The molecule has 0 bridgehead atoms. The highest BCUT2D eigenvalue weighted by molar-refractivity contribution is 6.44. The van der Waals surface area contributed by atoms with Gasteiger partial charge >= 0.3 is 0 Å². The maximum absolute atomic E-state index is 6.48. The van der Waals surface area contributed by atoms with Crippen LogP contribution in [0.15, 0.2) is 42.5 Å². The molecular weight excluding hydrogens is 372 g/mol. The van der Waals surface area contributed by atoms with Crippen LogP contribution in [0.4, 0.5) is 5.69 Å². The van der Waals surface area contributed by atoms with Gasteiger partial charge in [-0.3, -0.25) is 0 Å². The highest BCUT2D eigenvalue weighted by Crippen LogP contribution is 2.55. The van der Waals surface area contributed by atoms with Crippen LogP contribution in [0.25, 0.3) is 0 Å². The van der Waals surface area contributed by atoms with Gasteiger partial charge in [-0.15, -0.1) is 0 Å². The Kier molecular flexibility index (Phi) is 4.01. The molecule has 1 aliphatic heterocycles. The Morgan fingerprint density at radius 3 is 2.61 bits per heavy atom. The van der Waals surface area contributed by atoms with Crippen molar-refractivity contribution in [1.82, 2.24) is 0 Å². The van der Waals surface area contributed by atoms with Crippen molar-refractivity contribution in [3.8, 4) is 0 Å². The third-order valence-corrected chi connectivity index (χ3v) is 6.03. The Labute approximate surface area is 155 Å². The summed E-state index contributed by atoms with van der Waals surface area (Å²) in [6.45, 7) is 0. The highest BCUT2D eigenvalue weighted by Gasteiger charge is 2.40. The van der Waals surface area contributed by atoms with Gasteiger partial charge in [-0.2, -0.15) is 0 Å². The summed E-state index contributed by atoms with van der Waals surface area (Å²) < 4.78 is 0. The first-order valence-electron chi connectivity index (χ1n) is 7.42. The monoisotopic (exact) mass is 383 g/mol. The minimum absolute atomic E-state index is 0.135. The van der Waals surface area contributed by atoms with Crippen LogP contribution >= 0.6 is 46.4 Å². The Morgan fingerprint density at radius 2 is 1.83 bits per heavy atom. The molecule has 0 amide bonds. The van der Waals surface area contributed by atoms with E-state index in [0.29, 0.717) is 21.0 Å². The first-order chi connectivity index (χ1) is 11.1. The molecule has 0 aromatic heterocycles. The number of anilines is 1. The molecule has 0 saturated carbocycles. The Balaban J connectivity index is 1.88. The van der Waals surface area contributed by atoms with Gasteiger partial charge in [0, 0.05) is 16.5 Å². The first-order valence-corrected chi connectivity index (χ1v) is 8.93. The van der Waals surface area contributed by atoms with Gasteiger partial charge in [-0.05, 0) is 36.1 Å². The van der Waals surface area contributed by atoms with Crippen LogP contribution in [0.3, 0.4) is 0 Å². The van der Waals surface area contributed by atoms with Gasteiger partial charge in [0.2, 0.25) is 0 Å². The van der Waals surface area contributed by atoms with Crippen molar-refractivity contribution in [1.29, 1.82) is 0 Å². The molecule has 0 unspecified atom stereocenters. The maximum atomic E-state index is 6.48. The van der Waals surface area contributed by atoms with Crippen LogP contribution in [0.2, 0.25) is 20.1 Å². The second-order valence-electron chi connectivity index (χ2n) is 5.97. The van der Waals surface area contributed by atoms with Crippen molar-refractivity contribution in [3.63, 3.8) is 0 Å². The fraction of sp³-hybridized carbons (Fsp3) is 0.222. The number of nitrogens with one attached hydrogen (secondary N) is 1. The van der Waals surface area contributed by atoms with E-state index in [-0.39, 0.29) is 12.0 Å². The van der Waals surface area contributed by atoms with Crippen molar-refractivity contribution < 1.29 is 0 Å². The largest absolute Gasteiger partial charge is 0.376 e. The van der Waals surface area contributed by atoms with Crippen molar-refractivity contribution in [2.24, 2.45) is 5.92 Å². The SMILES string of the molecule is Clc1cccc([C@@H]2Nc3c(Cl)cc(Cl)c(Cl)c3[C@@H]3C=CC[C@@H]32)c1. The molecule has 0 saturated heterocycles. The van der Waals surface area contributed by atoms with E-state index in [0.717, 1.165) is 28.3 Å². The molecule has 0 radical (unpaired) electrons. The molecule has 118 valence electrons. The van der Waals surface area contributed by atoms with Gasteiger partial charge in [0.1, 0.15) is 0 Å². The number of allylic oxidation sites excluding steroid dienone is 2. The smallest absolute Gasteiger partial charge is 0.0656 e. The van der Waals surface area contributed by atoms with E-state index in [1.807, 2.05) is 18.2 Å². The lowest BCUT2D eigenvalue weighted by atomic mass is 9.77. The number of halogens is 4. The summed E-state index contributed by atoms with van der Waals surface area (Å²) in [5.74, 6) is 0.576. The quantitative estimate of drug-likeness (QED) is 0.407. The predicted molar refractivity (Wildman–Crippen MR) is 99.3 cm³/mol. The maximum Gasteiger partial charge on any atom is 0.0656 e. The lowest BCUT2D eigenvalue weighted by Gasteiger charge is -2.38. The average Bonchev–Trinajstić information content (AvgIpc) is 3.00. The van der Waals surface area contributed by atoms with Crippen molar-refractivity contribution in [3.05, 3.63) is 73.7 Å². The third-order valence-electron chi connectivity index (χ3n) is 4.69. The molecule has 2 aromatic rings. The minimum atomic E-state index is 0.135. The van der Waals surface area contributed by atoms with Gasteiger partial charge < -0.3 is 5.32 Å². The summed E-state index contributed by atoms with van der Waals surface area (Å²) in [6.07, 6.45) is 5.39. The summed E-state index contributed by atoms with van der Waals surface area (Å²) in [5.41, 5.74) is 3.03. The number of benzene rings is 2. The van der Waals surface area contributed by atoms with Crippen LogP contribution in [0.1, 0.15) is 29.5 Å².